The van der Waals surface area contributed by atoms with E-state index in [0.29, 0.717) is 23.2 Å². The summed E-state index contributed by atoms with van der Waals surface area (Å²) in [6.07, 6.45) is 15.1. The first-order chi connectivity index (χ1) is 12.4. The van der Waals surface area contributed by atoms with Crippen molar-refractivity contribution in [2.24, 2.45) is 46.3 Å². The third-order valence-electron chi connectivity index (χ3n) is 10.2. The lowest BCUT2D eigenvalue weighted by molar-refractivity contribution is -0.115. The van der Waals surface area contributed by atoms with E-state index in [1.807, 2.05) is 0 Å². The van der Waals surface area contributed by atoms with Gasteiger partial charge in [0.1, 0.15) is 0 Å². The molecule has 4 aliphatic carbocycles. The van der Waals surface area contributed by atoms with Crippen LogP contribution in [0.3, 0.4) is 0 Å². The second-order valence-corrected chi connectivity index (χ2v) is 11.2. The minimum absolute atomic E-state index is 0.513. The molecular formula is C24H42O2. The van der Waals surface area contributed by atoms with E-state index in [-0.39, 0.29) is 0 Å². The Morgan fingerprint density at radius 1 is 0.808 bits per heavy atom. The van der Waals surface area contributed by atoms with Gasteiger partial charge in [-0.3, -0.25) is 0 Å². The molecule has 0 aromatic heterocycles. The van der Waals surface area contributed by atoms with Gasteiger partial charge in [-0.2, -0.15) is 0 Å². The molecule has 26 heavy (non-hydrogen) atoms. The molecule has 0 bridgehead atoms. The lowest BCUT2D eigenvalue weighted by Gasteiger charge is -2.61. The van der Waals surface area contributed by atoms with Gasteiger partial charge in [-0.15, -0.1) is 0 Å². The van der Waals surface area contributed by atoms with Crippen LogP contribution in [0.5, 0.6) is 0 Å². The molecule has 4 rings (SSSR count). The van der Waals surface area contributed by atoms with Crippen LogP contribution in [-0.2, 0) is 0 Å². The molecular weight excluding hydrogens is 320 g/mol. The minimum atomic E-state index is -1.13. The molecule has 0 heterocycles. The molecule has 0 amide bonds. The van der Waals surface area contributed by atoms with E-state index in [1.54, 1.807) is 0 Å². The predicted molar refractivity (Wildman–Crippen MR) is 106 cm³/mol. The van der Waals surface area contributed by atoms with Crippen LogP contribution >= 0.6 is 0 Å². The van der Waals surface area contributed by atoms with Crippen molar-refractivity contribution in [1.82, 2.24) is 0 Å². The van der Waals surface area contributed by atoms with E-state index in [1.165, 1.54) is 64.2 Å². The Kier molecular flexibility index (Phi) is 5.23. The van der Waals surface area contributed by atoms with E-state index in [9.17, 15) is 10.2 Å². The van der Waals surface area contributed by atoms with Gasteiger partial charge in [-0.1, -0.05) is 33.6 Å². The standard InChI is InChI=1S/C24H42O2/c1-16(7-12-22(25)26)19-10-11-20-18-9-8-17-6-4-5-14-23(17,2)21(18)13-15-24(19,20)3/h16-22,25-26H,4-15H2,1-3H3. The van der Waals surface area contributed by atoms with Gasteiger partial charge in [0.15, 0.2) is 6.29 Å². The maximum Gasteiger partial charge on any atom is 0.151 e. The van der Waals surface area contributed by atoms with Gasteiger partial charge < -0.3 is 10.2 Å². The van der Waals surface area contributed by atoms with Gasteiger partial charge in [0.25, 0.3) is 0 Å². The summed E-state index contributed by atoms with van der Waals surface area (Å²) in [5.74, 6) is 5.35. The first kappa shape index (κ1) is 19.2. The highest BCUT2D eigenvalue weighted by atomic mass is 16.5. The Morgan fingerprint density at radius 3 is 2.35 bits per heavy atom. The third-order valence-corrected chi connectivity index (χ3v) is 10.2. The summed E-state index contributed by atoms with van der Waals surface area (Å²) in [4.78, 5) is 0. The Morgan fingerprint density at radius 2 is 1.58 bits per heavy atom. The molecule has 0 radical (unpaired) electrons. The molecule has 8 unspecified atom stereocenters. The average Bonchev–Trinajstić information content (AvgIpc) is 2.96. The summed E-state index contributed by atoms with van der Waals surface area (Å²) < 4.78 is 0. The van der Waals surface area contributed by atoms with Crippen LogP contribution in [0, 0.1) is 46.3 Å². The van der Waals surface area contributed by atoms with Crippen molar-refractivity contribution >= 4 is 0 Å². The quantitative estimate of drug-likeness (QED) is 0.624. The normalized spacial score (nSPS) is 49.4. The Bertz CT molecular complexity index is 502. The summed E-state index contributed by atoms with van der Waals surface area (Å²) >= 11 is 0. The highest BCUT2D eigenvalue weighted by molar-refractivity contribution is 5.09. The number of aliphatic hydroxyl groups excluding tert-OH is 1. The van der Waals surface area contributed by atoms with Crippen LogP contribution < -0.4 is 0 Å². The maximum absolute atomic E-state index is 9.29. The molecule has 0 aliphatic heterocycles. The second kappa shape index (κ2) is 7.07. The summed E-state index contributed by atoms with van der Waals surface area (Å²) in [7, 11) is 0. The van der Waals surface area contributed by atoms with Gasteiger partial charge in [0, 0.05) is 0 Å². The first-order valence-electron chi connectivity index (χ1n) is 11.7. The molecule has 0 aromatic carbocycles. The van der Waals surface area contributed by atoms with Crippen molar-refractivity contribution in [2.75, 3.05) is 0 Å². The Labute approximate surface area is 161 Å². The molecule has 0 saturated heterocycles. The molecule has 2 nitrogen and oxygen atoms in total. The van der Waals surface area contributed by atoms with Crippen molar-refractivity contribution in [3.05, 3.63) is 0 Å². The van der Waals surface area contributed by atoms with Crippen LogP contribution in [0.1, 0.15) is 97.8 Å². The van der Waals surface area contributed by atoms with Crippen molar-refractivity contribution in [1.29, 1.82) is 0 Å². The van der Waals surface area contributed by atoms with Crippen molar-refractivity contribution < 1.29 is 10.2 Å². The SMILES string of the molecule is CC(CCC(O)O)C1CCC2C3CCC4CCCCC4(C)C3CCC12C. The number of aliphatic hydroxyl groups is 2. The third kappa shape index (κ3) is 2.98. The molecule has 4 saturated carbocycles. The highest BCUT2D eigenvalue weighted by Crippen LogP contribution is 2.68. The van der Waals surface area contributed by atoms with Gasteiger partial charge >= 0.3 is 0 Å². The topological polar surface area (TPSA) is 40.5 Å². The number of rotatable bonds is 4. The van der Waals surface area contributed by atoms with E-state index in [4.69, 9.17) is 0 Å². The van der Waals surface area contributed by atoms with E-state index < -0.39 is 6.29 Å². The number of hydrogen-bond donors (Lipinski definition) is 2. The largest absolute Gasteiger partial charge is 0.368 e. The Balaban J connectivity index is 1.51. The molecule has 0 aromatic rings. The summed E-state index contributed by atoms with van der Waals surface area (Å²) in [6.45, 7) is 7.67. The molecule has 0 spiro atoms. The summed E-state index contributed by atoms with van der Waals surface area (Å²) in [5, 5.41) is 18.6. The van der Waals surface area contributed by atoms with Crippen LogP contribution in [0.4, 0.5) is 0 Å². The second-order valence-electron chi connectivity index (χ2n) is 11.2. The van der Waals surface area contributed by atoms with Gasteiger partial charge in [0.05, 0.1) is 0 Å². The maximum atomic E-state index is 9.29. The Hall–Kier alpha value is -0.0800. The lowest BCUT2D eigenvalue weighted by atomic mass is 9.44. The number of hydrogen-bond acceptors (Lipinski definition) is 2. The molecule has 2 N–H and O–H groups in total. The first-order valence-corrected chi connectivity index (χ1v) is 11.7. The fourth-order valence-corrected chi connectivity index (χ4v) is 8.88. The summed E-state index contributed by atoms with van der Waals surface area (Å²) in [6, 6.07) is 0. The molecule has 8 atom stereocenters. The fraction of sp³-hybridized carbons (Fsp3) is 1.00. The van der Waals surface area contributed by atoms with Crippen LogP contribution in [-0.4, -0.2) is 16.5 Å². The van der Waals surface area contributed by atoms with Crippen molar-refractivity contribution in [2.45, 2.75) is 104 Å². The zero-order valence-corrected chi connectivity index (χ0v) is 17.4. The van der Waals surface area contributed by atoms with E-state index in [0.717, 1.165) is 36.0 Å². The van der Waals surface area contributed by atoms with Gasteiger partial charge in [0.2, 0.25) is 0 Å². The van der Waals surface area contributed by atoms with Gasteiger partial charge in [-0.05, 0) is 111 Å². The molecule has 2 heteroatoms. The zero-order chi connectivity index (χ0) is 18.5. The zero-order valence-electron chi connectivity index (χ0n) is 17.4. The summed E-state index contributed by atoms with van der Waals surface area (Å²) in [5.41, 5.74) is 1.16. The lowest BCUT2D eigenvalue weighted by Crippen LogP contribution is -2.53. The molecule has 4 aliphatic rings. The van der Waals surface area contributed by atoms with Crippen molar-refractivity contribution in [3.8, 4) is 0 Å². The minimum Gasteiger partial charge on any atom is -0.368 e. The van der Waals surface area contributed by atoms with Crippen LogP contribution in [0.15, 0.2) is 0 Å². The van der Waals surface area contributed by atoms with Crippen LogP contribution in [0.2, 0.25) is 0 Å². The molecule has 150 valence electrons. The monoisotopic (exact) mass is 362 g/mol. The van der Waals surface area contributed by atoms with Crippen molar-refractivity contribution in [3.63, 3.8) is 0 Å². The molecule has 4 fully saturated rings. The fourth-order valence-electron chi connectivity index (χ4n) is 8.88. The number of fused-ring (bicyclic) bond motifs is 5. The van der Waals surface area contributed by atoms with Gasteiger partial charge in [-0.25, -0.2) is 0 Å². The van der Waals surface area contributed by atoms with E-state index in [2.05, 4.69) is 20.8 Å². The highest BCUT2D eigenvalue weighted by Gasteiger charge is 2.60. The smallest absolute Gasteiger partial charge is 0.151 e. The predicted octanol–water partition coefficient (Wildman–Crippen LogP) is 5.76. The average molecular weight is 363 g/mol. The van der Waals surface area contributed by atoms with E-state index >= 15 is 0 Å². The van der Waals surface area contributed by atoms with Crippen LogP contribution in [0.25, 0.3) is 0 Å².